The summed E-state index contributed by atoms with van der Waals surface area (Å²) in [7, 11) is -1.95. The highest BCUT2D eigenvalue weighted by Crippen LogP contribution is 2.18. The van der Waals surface area contributed by atoms with Gasteiger partial charge >= 0.3 is 0 Å². The highest BCUT2D eigenvalue weighted by atomic mass is 32.2. The van der Waals surface area contributed by atoms with Gasteiger partial charge in [0.2, 0.25) is 10.0 Å². The highest BCUT2D eigenvalue weighted by Gasteiger charge is 2.21. The number of fused-ring (bicyclic) bond motifs is 1. The first-order valence-corrected chi connectivity index (χ1v) is 7.89. The Morgan fingerprint density at radius 3 is 2.76 bits per heavy atom. The fourth-order valence-electron chi connectivity index (χ4n) is 2.07. The van der Waals surface area contributed by atoms with Crippen molar-refractivity contribution in [2.75, 3.05) is 0 Å². The molecule has 3 rings (SSSR count). The van der Waals surface area contributed by atoms with Crippen LogP contribution in [-0.4, -0.2) is 28.2 Å². The molecule has 0 saturated carbocycles. The summed E-state index contributed by atoms with van der Waals surface area (Å²) < 4.78 is 28.5. The molecule has 0 aliphatic carbocycles. The van der Waals surface area contributed by atoms with E-state index in [-0.39, 0.29) is 4.90 Å². The molecule has 0 aliphatic rings. The maximum absolute atomic E-state index is 12.2. The zero-order valence-corrected chi connectivity index (χ0v) is 12.4. The quantitative estimate of drug-likeness (QED) is 0.760. The van der Waals surface area contributed by atoms with Gasteiger partial charge in [0.15, 0.2) is 0 Å². The fraction of sp³-hybridized carbons (Fsp3) is 0.231. The number of rotatable bonds is 4. The van der Waals surface area contributed by atoms with Gasteiger partial charge in [-0.2, -0.15) is 5.10 Å². The number of nitrogens with zero attached hydrogens (tertiary/aromatic N) is 3. The Balaban J connectivity index is 1.87. The van der Waals surface area contributed by atoms with Gasteiger partial charge in [0.05, 0.1) is 23.3 Å². The molecule has 0 amide bonds. The van der Waals surface area contributed by atoms with E-state index in [9.17, 15) is 8.42 Å². The Morgan fingerprint density at radius 1 is 1.33 bits per heavy atom. The third-order valence-corrected chi connectivity index (χ3v) is 4.64. The van der Waals surface area contributed by atoms with Crippen LogP contribution in [0.15, 0.2) is 41.6 Å². The Bertz CT molecular complexity index is 848. The summed E-state index contributed by atoms with van der Waals surface area (Å²) in [5.74, 6) is 0.573. The lowest BCUT2D eigenvalue weighted by Gasteiger charge is -2.10. The molecule has 1 aromatic carbocycles. The summed E-state index contributed by atoms with van der Waals surface area (Å²) in [5, 5.41) is 3.87. The number of imidazole rings is 1. The predicted molar refractivity (Wildman–Crippen MR) is 78.0 cm³/mol. The molecule has 0 spiro atoms. The second-order valence-corrected chi connectivity index (χ2v) is 6.55. The van der Waals surface area contributed by atoms with E-state index in [2.05, 4.69) is 19.8 Å². The van der Waals surface area contributed by atoms with E-state index in [1.54, 1.807) is 14.0 Å². The SMILES string of the molecule is CC(NS(=O)(=O)c1cnn(C)c1)c1nc2ccccc2[nH]1. The van der Waals surface area contributed by atoms with E-state index < -0.39 is 16.1 Å². The van der Waals surface area contributed by atoms with Crippen LogP contribution in [0, 0.1) is 0 Å². The lowest BCUT2D eigenvalue weighted by atomic mass is 10.3. The van der Waals surface area contributed by atoms with E-state index in [1.807, 2.05) is 24.3 Å². The van der Waals surface area contributed by atoms with Crippen LogP contribution in [0.5, 0.6) is 0 Å². The lowest BCUT2D eigenvalue weighted by molar-refractivity contribution is 0.561. The first-order chi connectivity index (χ1) is 9.95. The molecular weight excluding hydrogens is 290 g/mol. The third-order valence-electron chi connectivity index (χ3n) is 3.14. The first kappa shape index (κ1) is 13.8. The van der Waals surface area contributed by atoms with E-state index in [0.29, 0.717) is 5.82 Å². The van der Waals surface area contributed by atoms with Gasteiger partial charge in [-0.1, -0.05) is 12.1 Å². The number of aromatic amines is 1. The zero-order chi connectivity index (χ0) is 15.0. The molecule has 110 valence electrons. The largest absolute Gasteiger partial charge is 0.341 e. The maximum Gasteiger partial charge on any atom is 0.244 e. The molecule has 2 aromatic heterocycles. The number of para-hydroxylation sites is 2. The molecule has 3 aromatic rings. The van der Waals surface area contributed by atoms with E-state index in [0.717, 1.165) is 11.0 Å². The first-order valence-electron chi connectivity index (χ1n) is 6.41. The van der Waals surface area contributed by atoms with Gasteiger partial charge in [-0.3, -0.25) is 4.68 Å². The van der Waals surface area contributed by atoms with Crippen molar-refractivity contribution in [3.05, 3.63) is 42.5 Å². The van der Waals surface area contributed by atoms with Crippen molar-refractivity contribution in [1.82, 2.24) is 24.5 Å². The Labute approximate surface area is 122 Å². The van der Waals surface area contributed by atoms with Crippen molar-refractivity contribution in [3.63, 3.8) is 0 Å². The van der Waals surface area contributed by atoms with Crippen molar-refractivity contribution in [2.45, 2.75) is 17.9 Å². The smallest absolute Gasteiger partial charge is 0.244 e. The van der Waals surface area contributed by atoms with Crippen molar-refractivity contribution < 1.29 is 8.42 Å². The van der Waals surface area contributed by atoms with Gasteiger partial charge in [0.25, 0.3) is 0 Å². The summed E-state index contributed by atoms with van der Waals surface area (Å²) in [6.45, 7) is 1.74. The summed E-state index contributed by atoms with van der Waals surface area (Å²) in [6.07, 6.45) is 2.77. The number of sulfonamides is 1. The van der Waals surface area contributed by atoms with Gasteiger partial charge in [0, 0.05) is 13.2 Å². The average molecular weight is 305 g/mol. The number of aromatic nitrogens is 4. The molecule has 0 bridgehead atoms. The summed E-state index contributed by atoms with van der Waals surface area (Å²) in [4.78, 5) is 7.64. The molecule has 0 radical (unpaired) electrons. The molecule has 2 heterocycles. The van der Waals surface area contributed by atoms with E-state index in [4.69, 9.17) is 0 Å². The number of aryl methyl sites for hydroxylation is 1. The fourth-order valence-corrected chi connectivity index (χ4v) is 3.26. The van der Waals surface area contributed by atoms with Crippen LogP contribution in [0.25, 0.3) is 11.0 Å². The number of hydrogen-bond acceptors (Lipinski definition) is 4. The minimum absolute atomic E-state index is 0.132. The second-order valence-electron chi connectivity index (χ2n) is 4.83. The van der Waals surface area contributed by atoms with Gasteiger partial charge in [-0.05, 0) is 19.1 Å². The molecule has 1 unspecified atom stereocenters. The molecular formula is C13H15N5O2S. The van der Waals surface area contributed by atoms with Crippen LogP contribution in [0.4, 0.5) is 0 Å². The van der Waals surface area contributed by atoms with Crippen LogP contribution in [-0.2, 0) is 17.1 Å². The van der Waals surface area contributed by atoms with E-state index in [1.165, 1.54) is 17.1 Å². The molecule has 8 heteroatoms. The second kappa shape index (κ2) is 4.97. The lowest BCUT2D eigenvalue weighted by Crippen LogP contribution is -2.27. The molecule has 7 nitrogen and oxygen atoms in total. The van der Waals surface area contributed by atoms with Crippen LogP contribution in [0.1, 0.15) is 18.8 Å². The molecule has 0 saturated heterocycles. The molecule has 2 N–H and O–H groups in total. The van der Waals surface area contributed by atoms with Crippen LogP contribution >= 0.6 is 0 Å². The van der Waals surface area contributed by atoms with Gasteiger partial charge < -0.3 is 4.98 Å². The maximum atomic E-state index is 12.2. The Hall–Kier alpha value is -2.19. The molecule has 21 heavy (non-hydrogen) atoms. The monoisotopic (exact) mass is 305 g/mol. The topological polar surface area (TPSA) is 92.7 Å². The zero-order valence-electron chi connectivity index (χ0n) is 11.6. The predicted octanol–water partition coefficient (Wildman–Crippen LogP) is 1.34. The van der Waals surface area contributed by atoms with E-state index >= 15 is 0 Å². The summed E-state index contributed by atoms with van der Waals surface area (Å²) >= 11 is 0. The van der Waals surface area contributed by atoms with Crippen LogP contribution in [0.2, 0.25) is 0 Å². The van der Waals surface area contributed by atoms with Gasteiger partial charge in [-0.25, -0.2) is 18.1 Å². The molecule has 0 fully saturated rings. The minimum atomic E-state index is -3.62. The van der Waals surface area contributed by atoms with Crippen molar-refractivity contribution in [3.8, 4) is 0 Å². The van der Waals surface area contributed by atoms with Crippen molar-refractivity contribution in [1.29, 1.82) is 0 Å². The Morgan fingerprint density at radius 2 is 2.10 bits per heavy atom. The molecule has 0 aliphatic heterocycles. The molecule has 1 atom stereocenters. The number of benzene rings is 1. The number of H-pyrrole nitrogens is 1. The normalized spacial score (nSPS) is 13.6. The van der Waals surface area contributed by atoms with Crippen molar-refractivity contribution >= 4 is 21.1 Å². The summed E-state index contributed by atoms with van der Waals surface area (Å²) in [5.41, 5.74) is 1.68. The summed E-state index contributed by atoms with van der Waals surface area (Å²) in [6, 6.07) is 7.08. The standard InChI is InChI=1S/C13H15N5O2S/c1-9(13-15-11-5-3-4-6-12(11)16-13)17-21(19,20)10-7-14-18(2)8-10/h3-9,17H,1-2H3,(H,15,16). The minimum Gasteiger partial charge on any atom is -0.341 e. The Kier molecular flexibility index (Phi) is 3.26. The third kappa shape index (κ3) is 2.67. The van der Waals surface area contributed by atoms with Gasteiger partial charge in [-0.15, -0.1) is 0 Å². The van der Waals surface area contributed by atoms with Crippen LogP contribution < -0.4 is 4.72 Å². The number of nitrogens with one attached hydrogen (secondary N) is 2. The highest BCUT2D eigenvalue weighted by molar-refractivity contribution is 7.89. The van der Waals surface area contributed by atoms with Gasteiger partial charge in [0.1, 0.15) is 10.7 Å². The van der Waals surface area contributed by atoms with Crippen molar-refractivity contribution in [2.24, 2.45) is 7.05 Å². The van der Waals surface area contributed by atoms with Crippen LogP contribution in [0.3, 0.4) is 0 Å². The average Bonchev–Trinajstić information content (AvgIpc) is 3.04. The number of hydrogen-bond donors (Lipinski definition) is 2.